The summed E-state index contributed by atoms with van der Waals surface area (Å²) in [6, 6.07) is 11.9. The van der Waals surface area contributed by atoms with Gasteiger partial charge in [0.05, 0.1) is 28.4 Å². The molecule has 0 radical (unpaired) electrons. The third-order valence-corrected chi connectivity index (χ3v) is 6.97. The smallest absolute Gasteiger partial charge is 0.141 e. The third-order valence-electron chi connectivity index (χ3n) is 6.97. The van der Waals surface area contributed by atoms with Gasteiger partial charge in [-0.15, -0.1) is 0 Å². The van der Waals surface area contributed by atoms with Crippen molar-refractivity contribution in [3.05, 3.63) is 59.7 Å². The molecule has 3 aromatic heterocycles. The van der Waals surface area contributed by atoms with Crippen LogP contribution >= 0.6 is 0 Å². The fourth-order valence-corrected chi connectivity index (χ4v) is 5.02. The van der Waals surface area contributed by atoms with Gasteiger partial charge in [0.15, 0.2) is 0 Å². The second-order valence-electron chi connectivity index (χ2n) is 9.53. The van der Waals surface area contributed by atoms with Gasteiger partial charge in [-0.25, -0.2) is 4.39 Å². The van der Waals surface area contributed by atoms with Crippen molar-refractivity contribution in [2.45, 2.75) is 58.7 Å². The minimum atomic E-state index is -1.04. The molecule has 1 saturated carbocycles. The maximum absolute atomic E-state index is 14.4. The molecule has 4 aromatic rings. The average molecular weight is 443 g/mol. The topological polar surface area (TPSA) is 67.6 Å². The van der Waals surface area contributed by atoms with Crippen LogP contribution in [0.25, 0.3) is 33.3 Å². The Morgan fingerprint density at radius 3 is 2.55 bits per heavy atom. The first-order valence-corrected chi connectivity index (χ1v) is 11.5. The molecule has 33 heavy (non-hydrogen) atoms. The molecule has 0 saturated heterocycles. The zero-order valence-electron chi connectivity index (χ0n) is 19.2. The summed E-state index contributed by atoms with van der Waals surface area (Å²) in [5.41, 5.74) is 6.40. The van der Waals surface area contributed by atoms with Crippen molar-refractivity contribution in [1.82, 2.24) is 14.7 Å². The van der Waals surface area contributed by atoms with Crippen LogP contribution < -0.4 is 0 Å². The van der Waals surface area contributed by atoms with E-state index < -0.39 is 5.67 Å². The van der Waals surface area contributed by atoms with Crippen LogP contribution in [0.1, 0.15) is 49.6 Å². The zero-order chi connectivity index (χ0) is 23.2. The molecule has 0 atom stereocenters. The summed E-state index contributed by atoms with van der Waals surface area (Å²) in [5.74, 6) is 1.20. The lowest BCUT2D eigenvalue weighted by atomic mass is 9.81. The molecule has 0 amide bonds. The highest BCUT2D eigenvalue weighted by Gasteiger charge is 2.31. The Bertz CT molecular complexity index is 1330. The Labute approximate surface area is 192 Å². The monoisotopic (exact) mass is 442 g/mol. The Kier molecular flexibility index (Phi) is 5.28. The Balaban J connectivity index is 1.60. The van der Waals surface area contributed by atoms with Crippen molar-refractivity contribution in [2.75, 3.05) is 0 Å². The largest absolute Gasteiger partial charge is 0.361 e. The van der Waals surface area contributed by atoms with E-state index >= 15 is 0 Å². The van der Waals surface area contributed by atoms with Crippen molar-refractivity contribution >= 4 is 11.0 Å². The van der Waals surface area contributed by atoms with Gasteiger partial charge in [0.25, 0.3) is 0 Å². The number of fused-ring (bicyclic) bond motifs is 1. The molecule has 0 spiro atoms. The highest BCUT2D eigenvalue weighted by Crippen LogP contribution is 2.38. The van der Waals surface area contributed by atoms with Gasteiger partial charge >= 0.3 is 0 Å². The second kappa shape index (κ2) is 8.15. The van der Waals surface area contributed by atoms with Gasteiger partial charge in [-0.3, -0.25) is 4.98 Å². The van der Waals surface area contributed by atoms with Crippen molar-refractivity contribution < 1.29 is 8.91 Å². The molecular weight excluding hydrogens is 415 g/mol. The van der Waals surface area contributed by atoms with Gasteiger partial charge in [0, 0.05) is 35.6 Å². The number of hydrogen-bond donors (Lipinski definition) is 0. The predicted octanol–water partition coefficient (Wildman–Crippen LogP) is 6.77. The van der Waals surface area contributed by atoms with E-state index in [2.05, 4.69) is 28.1 Å². The van der Waals surface area contributed by atoms with Crippen LogP contribution in [0.2, 0.25) is 0 Å². The lowest BCUT2D eigenvalue weighted by molar-refractivity contribution is 0.0985. The summed E-state index contributed by atoms with van der Waals surface area (Å²) in [4.78, 5) is 4.86. The quantitative estimate of drug-likeness (QED) is 0.350. The number of pyridine rings is 1. The van der Waals surface area contributed by atoms with E-state index in [1.165, 1.54) is 0 Å². The van der Waals surface area contributed by atoms with Gasteiger partial charge in [-0.1, -0.05) is 17.3 Å². The van der Waals surface area contributed by atoms with Crippen molar-refractivity contribution in [1.29, 1.82) is 5.26 Å². The van der Waals surface area contributed by atoms with E-state index in [-0.39, 0.29) is 0 Å². The zero-order valence-corrected chi connectivity index (χ0v) is 19.2. The van der Waals surface area contributed by atoms with Crippen LogP contribution in [0.15, 0.2) is 47.2 Å². The molecule has 0 bridgehead atoms. The maximum atomic E-state index is 14.4. The summed E-state index contributed by atoms with van der Waals surface area (Å²) >= 11 is 0. The molecule has 1 aliphatic rings. The predicted molar refractivity (Wildman–Crippen MR) is 126 cm³/mol. The summed E-state index contributed by atoms with van der Waals surface area (Å²) < 4.78 is 22.0. The van der Waals surface area contributed by atoms with Gasteiger partial charge in [0.1, 0.15) is 11.4 Å². The first-order chi connectivity index (χ1) is 15.8. The van der Waals surface area contributed by atoms with Gasteiger partial charge in [-0.05, 0) is 76.1 Å². The van der Waals surface area contributed by atoms with Crippen molar-refractivity contribution in [3.63, 3.8) is 0 Å². The minimum absolute atomic E-state index is 0.431. The Hall–Kier alpha value is -3.46. The van der Waals surface area contributed by atoms with E-state index in [9.17, 15) is 4.39 Å². The van der Waals surface area contributed by atoms with Crippen LogP contribution in [0.4, 0.5) is 4.39 Å². The highest BCUT2D eigenvalue weighted by molar-refractivity contribution is 5.95. The first-order valence-electron chi connectivity index (χ1n) is 11.5. The summed E-state index contributed by atoms with van der Waals surface area (Å²) in [7, 11) is 0. The second-order valence-corrected chi connectivity index (χ2v) is 9.53. The van der Waals surface area contributed by atoms with Gasteiger partial charge in [-0.2, -0.15) is 5.26 Å². The number of benzene rings is 1. The molecule has 0 unspecified atom stereocenters. The number of halogens is 1. The van der Waals surface area contributed by atoms with E-state index in [0.29, 0.717) is 24.3 Å². The molecule has 168 valence electrons. The lowest BCUT2D eigenvalue weighted by Crippen LogP contribution is -2.27. The van der Waals surface area contributed by atoms with Crippen LogP contribution in [0, 0.1) is 31.1 Å². The molecule has 1 aliphatic carbocycles. The third kappa shape index (κ3) is 4.04. The van der Waals surface area contributed by atoms with E-state index in [1.807, 2.05) is 44.3 Å². The Morgan fingerprint density at radius 1 is 1.18 bits per heavy atom. The molecule has 5 nitrogen and oxygen atoms in total. The summed E-state index contributed by atoms with van der Waals surface area (Å²) in [5, 5.41) is 13.3. The van der Waals surface area contributed by atoms with E-state index in [4.69, 9.17) is 14.8 Å². The molecular formula is C27H27FN4O. The molecule has 0 aliphatic heterocycles. The van der Waals surface area contributed by atoms with E-state index in [1.54, 1.807) is 6.92 Å². The first kappa shape index (κ1) is 21.4. The van der Waals surface area contributed by atoms with Crippen LogP contribution in [0.5, 0.6) is 0 Å². The van der Waals surface area contributed by atoms with E-state index in [0.717, 1.165) is 64.1 Å². The highest BCUT2D eigenvalue weighted by atomic mass is 19.1. The van der Waals surface area contributed by atoms with Gasteiger partial charge < -0.3 is 9.09 Å². The number of aryl methyl sites for hydroxylation is 2. The standard InChI is InChI=1S/C27H27FN4O/c1-17-25(18(2)33-31-17)22-12-24-26(30-14-22)23(21-6-4-19(13-29)5-7-21)16-32(24)15-20-8-10-27(3,28)11-9-20/h4-7,12,14,16,20H,8-11,15H2,1-3H3. The number of nitriles is 1. The van der Waals surface area contributed by atoms with Crippen molar-refractivity contribution in [2.24, 2.45) is 5.92 Å². The van der Waals surface area contributed by atoms with Gasteiger partial charge in [0.2, 0.25) is 0 Å². The molecule has 6 heteroatoms. The number of hydrogen-bond acceptors (Lipinski definition) is 4. The van der Waals surface area contributed by atoms with Crippen LogP contribution in [0.3, 0.4) is 0 Å². The van der Waals surface area contributed by atoms with Crippen LogP contribution in [-0.2, 0) is 6.54 Å². The fourth-order valence-electron chi connectivity index (χ4n) is 5.02. The summed E-state index contributed by atoms with van der Waals surface area (Å²) in [6.45, 7) is 6.40. The SMILES string of the molecule is Cc1noc(C)c1-c1cnc2c(-c3ccc(C#N)cc3)cn(CC3CCC(C)(F)CC3)c2c1. The molecule has 1 aromatic carbocycles. The molecule has 3 heterocycles. The van der Waals surface area contributed by atoms with Crippen molar-refractivity contribution in [3.8, 4) is 28.3 Å². The molecule has 0 N–H and O–H groups in total. The Morgan fingerprint density at radius 2 is 1.91 bits per heavy atom. The normalized spacial score (nSPS) is 20.8. The lowest BCUT2D eigenvalue weighted by Gasteiger charge is -2.31. The number of aromatic nitrogens is 3. The number of alkyl halides is 1. The molecule has 5 rings (SSSR count). The fraction of sp³-hybridized carbons (Fsp3) is 0.370. The maximum Gasteiger partial charge on any atom is 0.141 e. The number of nitrogens with zero attached hydrogens (tertiary/aromatic N) is 4. The number of rotatable bonds is 4. The van der Waals surface area contributed by atoms with Crippen LogP contribution in [-0.4, -0.2) is 20.4 Å². The average Bonchev–Trinajstić information content (AvgIpc) is 3.34. The minimum Gasteiger partial charge on any atom is -0.361 e. The summed E-state index contributed by atoms with van der Waals surface area (Å²) in [6.07, 6.45) is 7.02. The molecule has 1 fully saturated rings.